The van der Waals surface area contributed by atoms with E-state index in [9.17, 15) is 9.59 Å². The van der Waals surface area contributed by atoms with Crippen LogP contribution in [0.4, 0.5) is 0 Å². The van der Waals surface area contributed by atoms with Crippen molar-refractivity contribution in [1.29, 1.82) is 0 Å². The van der Waals surface area contributed by atoms with Crippen LogP contribution in [0.2, 0.25) is 0 Å². The lowest BCUT2D eigenvalue weighted by atomic mass is 9.80. The number of piperidine rings is 1. The van der Waals surface area contributed by atoms with E-state index in [0.29, 0.717) is 43.3 Å². The summed E-state index contributed by atoms with van der Waals surface area (Å²) in [7, 11) is 1.60. The molecule has 1 atom stereocenters. The van der Waals surface area contributed by atoms with Gasteiger partial charge in [-0.05, 0) is 38.0 Å². The zero-order chi connectivity index (χ0) is 17.9. The van der Waals surface area contributed by atoms with Crippen molar-refractivity contribution in [3.8, 4) is 11.5 Å². The molecule has 1 aromatic carbocycles. The number of hydrogen-bond donors (Lipinski definition) is 1. The molecule has 0 aromatic heterocycles. The van der Waals surface area contributed by atoms with E-state index in [0.717, 1.165) is 12.8 Å². The fraction of sp³-hybridized carbons (Fsp3) is 0.556. The summed E-state index contributed by atoms with van der Waals surface area (Å²) in [4.78, 5) is 27.1. The van der Waals surface area contributed by atoms with Crippen molar-refractivity contribution >= 4 is 11.8 Å². The summed E-state index contributed by atoms with van der Waals surface area (Å²) in [6.07, 6.45) is 1.56. The number of benzene rings is 1. The Bertz CT molecular complexity index is 663. The number of fused-ring (bicyclic) bond motifs is 1. The quantitative estimate of drug-likeness (QED) is 0.815. The Kier molecular flexibility index (Phi) is 5.13. The molecule has 7 nitrogen and oxygen atoms in total. The van der Waals surface area contributed by atoms with E-state index in [1.54, 1.807) is 30.2 Å². The molecule has 0 saturated carbocycles. The van der Waals surface area contributed by atoms with Crippen LogP contribution in [-0.4, -0.2) is 56.9 Å². The van der Waals surface area contributed by atoms with Crippen LogP contribution in [0.5, 0.6) is 11.5 Å². The molecule has 0 spiro atoms. The van der Waals surface area contributed by atoms with Crippen LogP contribution in [-0.2, 0) is 9.53 Å². The summed E-state index contributed by atoms with van der Waals surface area (Å²) in [5, 5.41) is 2.89. The fourth-order valence-corrected chi connectivity index (χ4v) is 3.29. The van der Waals surface area contributed by atoms with E-state index in [1.807, 2.05) is 6.92 Å². The smallest absolute Gasteiger partial charge is 0.254 e. The molecule has 2 aliphatic rings. The van der Waals surface area contributed by atoms with Gasteiger partial charge in [0.25, 0.3) is 5.91 Å². The Balaban J connectivity index is 1.68. The third-order valence-electron chi connectivity index (χ3n) is 4.74. The van der Waals surface area contributed by atoms with Crippen LogP contribution in [0.1, 0.15) is 30.1 Å². The number of carbonyl (C=O) groups is 2. The van der Waals surface area contributed by atoms with Gasteiger partial charge in [-0.15, -0.1) is 0 Å². The highest BCUT2D eigenvalue weighted by Crippen LogP contribution is 2.34. The molecule has 7 heteroatoms. The van der Waals surface area contributed by atoms with Crippen molar-refractivity contribution in [2.75, 3.05) is 40.1 Å². The molecule has 0 radical (unpaired) electrons. The molecule has 1 N–H and O–H groups in total. The normalized spacial score (nSPS) is 21.9. The summed E-state index contributed by atoms with van der Waals surface area (Å²) in [6.45, 7) is 4.08. The van der Waals surface area contributed by atoms with Crippen molar-refractivity contribution in [3.63, 3.8) is 0 Å². The predicted molar refractivity (Wildman–Crippen MR) is 90.7 cm³/mol. The predicted octanol–water partition coefficient (Wildman–Crippen LogP) is 1.42. The van der Waals surface area contributed by atoms with E-state index < -0.39 is 5.41 Å². The van der Waals surface area contributed by atoms with Gasteiger partial charge in [0, 0.05) is 32.3 Å². The molecule has 2 heterocycles. The number of nitrogens with one attached hydrogen (secondary N) is 1. The highest BCUT2D eigenvalue weighted by atomic mass is 16.7. The number of methoxy groups -OCH3 is 1. The van der Waals surface area contributed by atoms with Gasteiger partial charge < -0.3 is 24.4 Å². The highest BCUT2D eigenvalue weighted by molar-refractivity contribution is 5.95. The highest BCUT2D eigenvalue weighted by Gasteiger charge is 2.39. The molecule has 0 bridgehead atoms. The molecule has 2 amide bonds. The minimum atomic E-state index is -0.585. The Morgan fingerprint density at radius 2 is 2.12 bits per heavy atom. The molecule has 1 saturated heterocycles. The Hall–Kier alpha value is -2.28. The van der Waals surface area contributed by atoms with Crippen LogP contribution >= 0.6 is 0 Å². The maximum Gasteiger partial charge on any atom is 0.254 e. The Labute approximate surface area is 147 Å². The molecule has 0 aliphatic carbocycles. The molecule has 1 aromatic rings. The lowest BCUT2D eigenvalue weighted by molar-refractivity contribution is -0.132. The van der Waals surface area contributed by atoms with Gasteiger partial charge in [0.1, 0.15) is 0 Å². The van der Waals surface area contributed by atoms with Crippen LogP contribution < -0.4 is 14.8 Å². The largest absolute Gasteiger partial charge is 0.454 e. The third kappa shape index (κ3) is 3.71. The second-order valence-electron chi connectivity index (χ2n) is 6.71. The maximum atomic E-state index is 12.8. The molecular formula is C18H24N2O5. The number of hydrogen-bond acceptors (Lipinski definition) is 5. The van der Waals surface area contributed by atoms with E-state index in [2.05, 4.69) is 5.32 Å². The standard InChI is InChI=1S/C18H24N2O5/c1-18(17(22)19-7-9-23-2)6-3-8-20(11-18)16(21)13-4-5-14-15(10-13)25-12-24-14/h4-5,10H,3,6-9,11-12H2,1-2H3,(H,19,22). The summed E-state index contributed by atoms with van der Waals surface area (Å²) < 4.78 is 15.6. The Morgan fingerprint density at radius 1 is 1.32 bits per heavy atom. The summed E-state index contributed by atoms with van der Waals surface area (Å²) in [5.41, 5.74) is -0.0360. The molecule has 1 fully saturated rings. The summed E-state index contributed by atoms with van der Waals surface area (Å²) in [6, 6.07) is 5.19. The zero-order valence-corrected chi connectivity index (χ0v) is 14.7. The minimum Gasteiger partial charge on any atom is -0.454 e. The molecule has 2 aliphatic heterocycles. The first kappa shape index (κ1) is 17.5. The molecule has 25 heavy (non-hydrogen) atoms. The van der Waals surface area contributed by atoms with Crippen LogP contribution in [0.25, 0.3) is 0 Å². The van der Waals surface area contributed by atoms with Crippen LogP contribution in [0.3, 0.4) is 0 Å². The average Bonchev–Trinajstić information content (AvgIpc) is 3.09. The molecule has 1 unspecified atom stereocenters. The van der Waals surface area contributed by atoms with Crippen molar-refractivity contribution in [2.24, 2.45) is 5.41 Å². The van der Waals surface area contributed by atoms with E-state index in [-0.39, 0.29) is 18.6 Å². The minimum absolute atomic E-state index is 0.0345. The topological polar surface area (TPSA) is 77.1 Å². The fourth-order valence-electron chi connectivity index (χ4n) is 3.29. The third-order valence-corrected chi connectivity index (χ3v) is 4.74. The van der Waals surface area contributed by atoms with Gasteiger partial charge in [0.2, 0.25) is 12.7 Å². The van der Waals surface area contributed by atoms with Gasteiger partial charge in [0.15, 0.2) is 11.5 Å². The van der Waals surface area contributed by atoms with E-state index in [4.69, 9.17) is 14.2 Å². The van der Waals surface area contributed by atoms with Gasteiger partial charge in [-0.1, -0.05) is 0 Å². The lowest BCUT2D eigenvalue weighted by Gasteiger charge is -2.39. The number of carbonyl (C=O) groups excluding carboxylic acids is 2. The molecular weight excluding hydrogens is 324 g/mol. The van der Waals surface area contributed by atoms with Crippen molar-refractivity contribution in [2.45, 2.75) is 19.8 Å². The maximum absolute atomic E-state index is 12.8. The molecule has 136 valence electrons. The lowest BCUT2D eigenvalue weighted by Crippen LogP contribution is -2.52. The molecule has 3 rings (SSSR count). The Morgan fingerprint density at radius 3 is 2.92 bits per heavy atom. The summed E-state index contributed by atoms with van der Waals surface area (Å²) in [5.74, 6) is 1.11. The van der Waals surface area contributed by atoms with Gasteiger partial charge >= 0.3 is 0 Å². The van der Waals surface area contributed by atoms with Crippen molar-refractivity contribution < 1.29 is 23.8 Å². The van der Waals surface area contributed by atoms with Crippen LogP contribution in [0, 0.1) is 5.41 Å². The van der Waals surface area contributed by atoms with Crippen molar-refractivity contribution in [3.05, 3.63) is 23.8 Å². The first-order chi connectivity index (χ1) is 12.0. The second-order valence-corrected chi connectivity index (χ2v) is 6.71. The first-order valence-corrected chi connectivity index (χ1v) is 8.50. The van der Waals surface area contributed by atoms with Crippen LogP contribution in [0.15, 0.2) is 18.2 Å². The number of ether oxygens (including phenoxy) is 3. The number of amides is 2. The SMILES string of the molecule is COCCNC(=O)C1(C)CCCN(C(=O)c2ccc3c(c2)OCO3)C1. The number of likely N-dealkylation sites (tertiary alicyclic amines) is 1. The van der Waals surface area contributed by atoms with Gasteiger partial charge in [-0.2, -0.15) is 0 Å². The van der Waals surface area contributed by atoms with Gasteiger partial charge in [-0.3, -0.25) is 9.59 Å². The van der Waals surface area contributed by atoms with Gasteiger partial charge in [0.05, 0.1) is 12.0 Å². The first-order valence-electron chi connectivity index (χ1n) is 8.50. The summed E-state index contributed by atoms with van der Waals surface area (Å²) >= 11 is 0. The zero-order valence-electron chi connectivity index (χ0n) is 14.7. The second kappa shape index (κ2) is 7.31. The average molecular weight is 348 g/mol. The van der Waals surface area contributed by atoms with Gasteiger partial charge in [-0.25, -0.2) is 0 Å². The monoisotopic (exact) mass is 348 g/mol. The number of rotatable bonds is 5. The van der Waals surface area contributed by atoms with E-state index >= 15 is 0 Å². The number of nitrogens with zero attached hydrogens (tertiary/aromatic N) is 1. The van der Waals surface area contributed by atoms with E-state index in [1.165, 1.54) is 0 Å². The van der Waals surface area contributed by atoms with Crippen molar-refractivity contribution in [1.82, 2.24) is 10.2 Å².